The Bertz CT molecular complexity index is 807. The van der Waals surface area contributed by atoms with Gasteiger partial charge < -0.3 is 14.5 Å². The molecule has 0 radical (unpaired) electrons. The smallest absolute Gasteiger partial charge is 0.134 e. The van der Waals surface area contributed by atoms with Crippen molar-refractivity contribution in [3.8, 4) is 17.1 Å². The van der Waals surface area contributed by atoms with E-state index in [4.69, 9.17) is 9.15 Å². The molecule has 1 N–H and O–H groups in total. The van der Waals surface area contributed by atoms with Crippen LogP contribution in [-0.2, 0) is 6.54 Å². The average Bonchev–Trinajstić information content (AvgIpc) is 3.06. The lowest BCUT2D eigenvalue weighted by atomic mass is 10.1. The Morgan fingerprint density at radius 2 is 1.88 bits per heavy atom. The lowest BCUT2D eigenvalue weighted by Gasteiger charge is -2.15. The van der Waals surface area contributed by atoms with Crippen molar-refractivity contribution in [2.45, 2.75) is 26.4 Å². The maximum Gasteiger partial charge on any atom is 0.134 e. The highest BCUT2D eigenvalue weighted by atomic mass is 16.5. The summed E-state index contributed by atoms with van der Waals surface area (Å²) in [6, 6.07) is 20.9. The molecule has 0 aliphatic carbocycles. The summed E-state index contributed by atoms with van der Waals surface area (Å²) in [4.78, 5) is 0. The van der Waals surface area contributed by atoms with E-state index in [1.54, 1.807) is 7.11 Å². The van der Waals surface area contributed by atoms with Crippen LogP contribution in [0, 0.1) is 6.92 Å². The van der Waals surface area contributed by atoms with Crippen LogP contribution in [-0.4, -0.2) is 7.11 Å². The Hall–Kier alpha value is -2.52. The fourth-order valence-electron chi connectivity index (χ4n) is 2.72. The van der Waals surface area contributed by atoms with Gasteiger partial charge >= 0.3 is 0 Å². The molecule has 0 bridgehead atoms. The molecule has 3 heteroatoms. The van der Waals surface area contributed by atoms with Crippen LogP contribution in [0.4, 0.5) is 0 Å². The third-order valence-electron chi connectivity index (χ3n) is 4.16. The van der Waals surface area contributed by atoms with Crippen molar-refractivity contribution < 1.29 is 9.15 Å². The van der Waals surface area contributed by atoms with E-state index in [9.17, 15) is 0 Å². The van der Waals surface area contributed by atoms with E-state index < -0.39 is 0 Å². The lowest BCUT2D eigenvalue weighted by molar-refractivity contribution is 0.413. The lowest BCUT2D eigenvalue weighted by Crippen LogP contribution is -2.18. The van der Waals surface area contributed by atoms with Gasteiger partial charge in [-0.3, -0.25) is 0 Å². The third kappa shape index (κ3) is 3.87. The maximum atomic E-state index is 5.71. The van der Waals surface area contributed by atoms with Crippen LogP contribution in [0.1, 0.15) is 29.9 Å². The first kappa shape index (κ1) is 16.3. The molecule has 0 spiro atoms. The minimum Gasteiger partial charge on any atom is -0.497 e. The molecule has 3 aromatic rings. The summed E-state index contributed by atoms with van der Waals surface area (Å²) in [6.45, 7) is 4.92. The molecule has 0 aliphatic rings. The largest absolute Gasteiger partial charge is 0.497 e. The number of furan rings is 1. The first-order valence-corrected chi connectivity index (χ1v) is 8.19. The second kappa shape index (κ2) is 7.37. The highest BCUT2D eigenvalue weighted by Crippen LogP contribution is 2.23. The van der Waals surface area contributed by atoms with Crippen molar-refractivity contribution in [3.63, 3.8) is 0 Å². The van der Waals surface area contributed by atoms with Crippen LogP contribution in [0.5, 0.6) is 5.75 Å². The number of rotatable bonds is 6. The van der Waals surface area contributed by atoms with Gasteiger partial charge in [0.05, 0.1) is 7.11 Å². The number of aryl methyl sites for hydroxylation is 1. The Labute approximate surface area is 143 Å². The average molecular weight is 321 g/mol. The van der Waals surface area contributed by atoms with Crippen LogP contribution in [0.15, 0.2) is 65.1 Å². The maximum absolute atomic E-state index is 5.71. The van der Waals surface area contributed by atoms with E-state index in [1.807, 2.05) is 31.2 Å². The van der Waals surface area contributed by atoms with Crippen molar-refractivity contribution in [1.82, 2.24) is 5.32 Å². The topological polar surface area (TPSA) is 34.4 Å². The highest BCUT2D eigenvalue weighted by Gasteiger charge is 2.07. The van der Waals surface area contributed by atoms with E-state index in [2.05, 4.69) is 48.6 Å². The molecule has 0 aliphatic heterocycles. The molecular formula is C21H23NO2. The molecule has 0 saturated carbocycles. The Kier molecular flexibility index (Phi) is 5.02. The molecule has 124 valence electrons. The van der Waals surface area contributed by atoms with Crippen molar-refractivity contribution in [2.24, 2.45) is 0 Å². The second-order valence-corrected chi connectivity index (χ2v) is 5.99. The minimum absolute atomic E-state index is 0.245. The van der Waals surface area contributed by atoms with Gasteiger partial charge in [-0.05, 0) is 55.3 Å². The predicted octanol–water partition coefficient (Wildman–Crippen LogP) is 5.11. The SMILES string of the molecule is COc1cccc([C@@H](C)NCc2cccc(-c3ccc(C)o3)c2)c1. The van der Waals surface area contributed by atoms with E-state index >= 15 is 0 Å². The number of methoxy groups -OCH3 is 1. The predicted molar refractivity (Wildman–Crippen MR) is 97.1 cm³/mol. The summed E-state index contributed by atoms with van der Waals surface area (Å²) < 4.78 is 11.0. The molecule has 3 nitrogen and oxygen atoms in total. The minimum atomic E-state index is 0.245. The zero-order valence-corrected chi connectivity index (χ0v) is 14.4. The molecule has 0 amide bonds. The zero-order valence-electron chi connectivity index (χ0n) is 14.4. The van der Waals surface area contributed by atoms with E-state index in [-0.39, 0.29) is 6.04 Å². The van der Waals surface area contributed by atoms with Crippen LogP contribution in [0.2, 0.25) is 0 Å². The second-order valence-electron chi connectivity index (χ2n) is 5.99. The molecule has 1 heterocycles. The van der Waals surface area contributed by atoms with Gasteiger partial charge in [-0.2, -0.15) is 0 Å². The van der Waals surface area contributed by atoms with Gasteiger partial charge in [-0.25, -0.2) is 0 Å². The molecular weight excluding hydrogens is 298 g/mol. The fourth-order valence-corrected chi connectivity index (χ4v) is 2.72. The van der Waals surface area contributed by atoms with Gasteiger partial charge in [0.1, 0.15) is 17.3 Å². The summed E-state index contributed by atoms with van der Waals surface area (Å²) >= 11 is 0. The molecule has 2 aromatic carbocycles. The van der Waals surface area contributed by atoms with Crippen LogP contribution >= 0.6 is 0 Å². The van der Waals surface area contributed by atoms with Gasteiger partial charge in [0, 0.05) is 18.2 Å². The van der Waals surface area contributed by atoms with Crippen molar-refractivity contribution >= 4 is 0 Å². The summed E-state index contributed by atoms with van der Waals surface area (Å²) in [5.41, 5.74) is 3.56. The highest BCUT2D eigenvalue weighted by molar-refractivity contribution is 5.58. The monoisotopic (exact) mass is 321 g/mol. The summed E-state index contributed by atoms with van der Waals surface area (Å²) in [5, 5.41) is 3.56. The van der Waals surface area contributed by atoms with Gasteiger partial charge in [0.15, 0.2) is 0 Å². The van der Waals surface area contributed by atoms with E-state index in [0.29, 0.717) is 0 Å². The molecule has 1 atom stereocenters. The number of nitrogens with one attached hydrogen (secondary N) is 1. The number of benzene rings is 2. The number of hydrogen-bond acceptors (Lipinski definition) is 3. The first-order valence-electron chi connectivity index (χ1n) is 8.19. The summed E-state index contributed by atoms with van der Waals surface area (Å²) in [6.07, 6.45) is 0. The molecule has 0 unspecified atom stereocenters. The third-order valence-corrected chi connectivity index (χ3v) is 4.16. The van der Waals surface area contributed by atoms with Crippen molar-refractivity contribution in [1.29, 1.82) is 0 Å². The zero-order chi connectivity index (χ0) is 16.9. The molecule has 0 fully saturated rings. The van der Waals surface area contributed by atoms with Crippen LogP contribution < -0.4 is 10.1 Å². The first-order chi connectivity index (χ1) is 11.7. The molecule has 24 heavy (non-hydrogen) atoms. The molecule has 3 rings (SSSR count). The fraction of sp³-hybridized carbons (Fsp3) is 0.238. The van der Waals surface area contributed by atoms with Gasteiger partial charge in [-0.1, -0.05) is 30.3 Å². The van der Waals surface area contributed by atoms with E-state index in [1.165, 1.54) is 11.1 Å². The molecule has 0 saturated heterocycles. The number of hydrogen-bond donors (Lipinski definition) is 1. The van der Waals surface area contributed by atoms with Gasteiger partial charge in [0.2, 0.25) is 0 Å². The van der Waals surface area contributed by atoms with Crippen LogP contribution in [0.25, 0.3) is 11.3 Å². The van der Waals surface area contributed by atoms with Gasteiger partial charge in [-0.15, -0.1) is 0 Å². The number of ether oxygens (including phenoxy) is 1. The Morgan fingerprint density at radius 1 is 1.04 bits per heavy atom. The van der Waals surface area contributed by atoms with Gasteiger partial charge in [0.25, 0.3) is 0 Å². The quantitative estimate of drug-likeness (QED) is 0.684. The summed E-state index contributed by atoms with van der Waals surface area (Å²) in [7, 11) is 1.69. The summed E-state index contributed by atoms with van der Waals surface area (Å²) in [5.74, 6) is 2.73. The van der Waals surface area contributed by atoms with E-state index in [0.717, 1.165) is 29.4 Å². The van der Waals surface area contributed by atoms with Crippen molar-refractivity contribution in [3.05, 3.63) is 77.6 Å². The molecule has 1 aromatic heterocycles. The van der Waals surface area contributed by atoms with Crippen molar-refractivity contribution in [2.75, 3.05) is 7.11 Å². The standard InChI is InChI=1S/C21H23NO2/c1-15-10-11-21(24-15)19-8-4-6-17(12-19)14-22-16(2)18-7-5-9-20(13-18)23-3/h4-13,16,22H,14H2,1-3H3/t16-/m1/s1. The Morgan fingerprint density at radius 3 is 2.62 bits per heavy atom. The normalized spacial score (nSPS) is 12.1. The van der Waals surface area contributed by atoms with Crippen LogP contribution in [0.3, 0.4) is 0 Å². The Balaban J connectivity index is 1.68.